The van der Waals surface area contributed by atoms with Gasteiger partial charge in [-0.25, -0.2) is 8.42 Å². The van der Waals surface area contributed by atoms with Crippen LogP contribution in [-0.4, -0.2) is 15.5 Å². The fourth-order valence-electron chi connectivity index (χ4n) is 1.90. The van der Waals surface area contributed by atoms with Gasteiger partial charge in [0.1, 0.15) is 17.7 Å². The average Bonchev–Trinajstić information content (AvgIpc) is 2.63. The molecule has 24 heavy (non-hydrogen) atoms. The Bertz CT molecular complexity index is 905. The van der Waals surface area contributed by atoms with Crippen molar-refractivity contribution < 1.29 is 8.42 Å². The molecule has 0 aliphatic rings. The van der Waals surface area contributed by atoms with Gasteiger partial charge in [-0.3, -0.25) is 4.31 Å². The number of allylic oxidation sites excluding steroid dienone is 1. The summed E-state index contributed by atoms with van der Waals surface area (Å²) in [6.45, 7) is 0. The van der Waals surface area contributed by atoms with Gasteiger partial charge in [-0.1, -0.05) is 18.2 Å². The second-order valence-corrected chi connectivity index (χ2v) is 6.73. The van der Waals surface area contributed by atoms with Crippen molar-refractivity contribution in [1.29, 1.82) is 10.5 Å². The van der Waals surface area contributed by atoms with Crippen molar-refractivity contribution in [3.63, 3.8) is 0 Å². The predicted molar refractivity (Wildman–Crippen MR) is 91.4 cm³/mol. The lowest BCUT2D eigenvalue weighted by molar-refractivity contribution is 0.594. The Kier molecular flexibility index (Phi) is 5.20. The summed E-state index contributed by atoms with van der Waals surface area (Å²) in [5.74, 6) is 0. The molecular formula is C17H14N4O2S. The summed E-state index contributed by atoms with van der Waals surface area (Å²) in [7, 11) is -2.17. The van der Waals surface area contributed by atoms with E-state index in [9.17, 15) is 8.42 Å². The van der Waals surface area contributed by atoms with Gasteiger partial charge in [-0.15, -0.1) is 0 Å². The summed E-state index contributed by atoms with van der Waals surface area (Å²) in [4.78, 5) is 0.143. The van der Waals surface area contributed by atoms with Crippen LogP contribution in [0, 0.1) is 22.7 Å². The molecule has 0 saturated heterocycles. The number of anilines is 2. The van der Waals surface area contributed by atoms with E-state index in [-0.39, 0.29) is 10.5 Å². The summed E-state index contributed by atoms with van der Waals surface area (Å²) in [6.07, 6.45) is 1.26. The number of nitriles is 2. The highest BCUT2D eigenvalue weighted by Gasteiger charge is 2.20. The van der Waals surface area contributed by atoms with E-state index in [4.69, 9.17) is 10.5 Å². The Balaban J connectivity index is 2.23. The molecule has 0 fully saturated rings. The highest BCUT2D eigenvalue weighted by atomic mass is 32.2. The lowest BCUT2D eigenvalue weighted by atomic mass is 10.3. The average molecular weight is 338 g/mol. The Hall–Kier alpha value is -3.29. The van der Waals surface area contributed by atoms with Crippen LogP contribution in [0.15, 0.2) is 71.3 Å². The minimum atomic E-state index is -3.66. The molecular weight excluding hydrogens is 324 g/mol. The fraction of sp³-hybridized carbons (Fsp3) is 0.0588. The molecule has 0 amide bonds. The molecule has 0 radical (unpaired) electrons. The molecule has 0 spiro atoms. The first kappa shape index (κ1) is 17.1. The zero-order valence-electron chi connectivity index (χ0n) is 12.8. The molecule has 2 aromatic rings. The van der Waals surface area contributed by atoms with Crippen LogP contribution in [0.5, 0.6) is 0 Å². The van der Waals surface area contributed by atoms with E-state index in [0.29, 0.717) is 11.4 Å². The van der Waals surface area contributed by atoms with Gasteiger partial charge in [0.25, 0.3) is 10.0 Å². The second kappa shape index (κ2) is 7.32. The van der Waals surface area contributed by atoms with Gasteiger partial charge in [0.15, 0.2) is 0 Å². The molecule has 0 atom stereocenters. The predicted octanol–water partition coefficient (Wildman–Crippen LogP) is 2.85. The molecule has 0 aromatic heterocycles. The smallest absolute Gasteiger partial charge is 0.264 e. The molecule has 1 N–H and O–H groups in total. The van der Waals surface area contributed by atoms with Crippen molar-refractivity contribution >= 4 is 21.4 Å². The molecule has 120 valence electrons. The minimum absolute atomic E-state index is 0.0736. The molecule has 7 heteroatoms. The topological polar surface area (TPSA) is 97.0 Å². The third-order valence-electron chi connectivity index (χ3n) is 3.26. The Morgan fingerprint density at radius 2 is 1.62 bits per heavy atom. The van der Waals surface area contributed by atoms with Gasteiger partial charge in [0.05, 0.1) is 10.6 Å². The van der Waals surface area contributed by atoms with Gasteiger partial charge in [0.2, 0.25) is 0 Å². The largest absolute Gasteiger partial charge is 0.360 e. The zero-order chi connectivity index (χ0) is 17.6. The van der Waals surface area contributed by atoms with Crippen LogP contribution in [0.1, 0.15) is 0 Å². The van der Waals surface area contributed by atoms with Crippen molar-refractivity contribution in [3.8, 4) is 12.1 Å². The van der Waals surface area contributed by atoms with Crippen molar-refractivity contribution in [2.24, 2.45) is 0 Å². The second-order valence-electron chi connectivity index (χ2n) is 4.76. The molecule has 0 heterocycles. The normalized spacial score (nSPS) is 10.1. The Morgan fingerprint density at radius 1 is 1.04 bits per heavy atom. The number of hydrogen-bond acceptors (Lipinski definition) is 5. The monoisotopic (exact) mass is 338 g/mol. The van der Waals surface area contributed by atoms with Crippen LogP contribution in [0.4, 0.5) is 11.4 Å². The molecule has 0 unspecified atom stereocenters. The summed E-state index contributed by atoms with van der Waals surface area (Å²) in [6, 6.07) is 18.3. The number of nitrogens with one attached hydrogen (secondary N) is 1. The number of sulfonamides is 1. The van der Waals surface area contributed by atoms with Gasteiger partial charge in [0, 0.05) is 18.9 Å². The van der Waals surface area contributed by atoms with Gasteiger partial charge < -0.3 is 5.32 Å². The summed E-state index contributed by atoms with van der Waals surface area (Å²) < 4.78 is 26.4. The van der Waals surface area contributed by atoms with Gasteiger partial charge in [-0.05, 0) is 36.4 Å². The highest BCUT2D eigenvalue weighted by molar-refractivity contribution is 7.92. The maximum Gasteiger partial charge on any atom is 0.264 e. The van der Waals surface area contributed by atoms with Crippen LogP contribution < -0.4 is 9.62 Å². The van der Waals surface area contributed by atoms with Crippen molar-refractivity contribution in [2.75, 3.05) is 16.7 Å². The number of benzene rings is 2. The van der Waals surface area contributed by atoms with E-state index in [1.165, 1.54) is 29.7 Å². The van der Waals surface area contributed by atoms with Crippen LogP contribution in [0.25, 0.3) is 0 Å². The standard InChI is InChI=1S/C17H14N4O2S/c1-21(16-5-3-2-4-6-16)24(22,23)17-9-7-15(8-10-17)20-13-14(11-18)12-19/h2-10,13,20H,1H3. The molecule has 2 aromatic carbocycles. The van der Waals surface area contributed by atoms with E-state index in [2.05, 4.69) is 5.32 Å². The number of rotatable bonds is 5. The molecule has 0 aliphatic heterocycles. The first-order valence-corrected chi connectivity index (χ1v) is 8.34. The van der Waals surface area contributed by atoms with Gasteiger partial charge in [-0.2, -0.15) is 10.5 Å². The Morgan fingerprint density at radius 3 is 2.17 bits per heavy atom. The number of hydrogen-bond donors (Lipinski definition) is 1. The highest BCUT2D eigenvalue weighted by Crippen LogP contribution is 2.22. The van der Waals surface area contributed by atoms with Crippen LogP contribution >= 0.6 is 0 Å². The molecule has 0 aliphatic carbocycles. The third kappa shape index (κ3) is 3.72. The first-order valence-electron chi connectivity index (χ1n) is 6.90. The zero-order valence-corrected chi connectivity index (χ0v) is 13.7. The van der Waals surface area contributed by atoms with Crippen LogP contribution in [0.2, 0.25) is 0 Å². The van der Waals surface area contributed by atoms with E-state index in [0.717, 1.165) is 0 Å². The van der Waals surface area contributed by atoms with Crippen molar-refractivity contribution in [1.82, 2.24) is 0 Å². The van der Waals surface area contributed by atoms with Crippen molar-refractivity contribution in [2.45, 2.75) is 4.90 Å². The molecule has 2 rings (SSSR count). The van der Waals surface area contributed by atoms with E-state index in [1.54, 1.807) is 48.5 Å². The number of nitrogens with zero attached hydrogens (tertiary/aromatic N) is 3. The van der Waals surface area contributed by atoms with E-state index < -0.39 is 10.0 Å². The van der Waals surface area contributed by atoms with Crippen molar-refractivity contribution in [3.05, 3.63) is 66.4 Å². The molecule has 0 bridgehead atoms. The van der Waals surface area contributed by atoms with Crippen LogP contribution in [0.3, 0.4) is 0 Å². The quantitative estimate of drug-likeness (QED) is 0.846. The summed E-state index contributed by atoms with van der Waals surface area (Å²) in [5, 5.41) is 20.1. The van der Waals surface area contributed by atoms with Gasteiger partial charge >= 0.3 is 0 Å². The lowest BCUT2D eigenvalue weighted by Gasteiger charge is -2.19. The maximum absolute atomic E-state index is 12.6. The lowest BCUT2D eigenvalue weighted by Crippen LogP contribution is -2.26. The van der Waals surface area contributed by atoms with Crippen LogP contribution in [-0.2, 0) is 10.0 Å². The first-order chi connectivity index (χ1) is 11.5. The Labute approximate surface area is 140 Å². The third-order valence-corrected chi connectivity index (χ3v) is 5.06. The van der Waals surface area contributed by atoms with E-state index in [1.807, 2.05) is 6.07 Å². The molecule has 0 saturated carbocycles. The fourth-order valence-corrected chi connectivity index (χ4v) is 3.10. The number of para-hydroxylation sites is 1. The minimum Gasteiger partial charge on any atom is -0.360 e. The molecule has 6 nitrogen and oxygen atoms in total. The summed E-state index contributed by atoms with van der Waals surface area (Å²) >= 11 is 0. The van der Waals surface area contributed by atoms with E-state index >= 15 is 0 Å². The SMILES string of the molecule is CN(c1ccccc1)S(=O)(=O)c1ccc(NC=C(C#N)C#N)cc1. The summed E-state index contributed by atoms with van der Waals surface area (Å²) in [5.41, 5.74) is 1.06. The maximum atomic E-state index is 12.6.